The summed E-state index contributed by atoms with van der Waals surface area (Å²) < 4.78 is 0. The quantitative estimate of drug-likeness (QED) is 0.690. The van der Waals surface area contributed by atoms with Gasteiger partial charge in [-0.25, -0.2) is 0 Å². The molecule has 2 fully saturated rings. The molecule has 1 unspecified atom stereocenters. The van der Waals surface area contributed by atoms with Crippen molar-refractivity contribution in [1.82, 2.24) is 10.2 Å². The minimum atomic E-state index is -0.587. The summed E-state index contributed by atoms with van der Waals surface area (Å²) in [4.78, 5) is 13.7. The number of carbonyl (C=O) groups is 1. The van der Waals surface area contributed by atoms with Gasteiger partial charge in [0.2, 0.25) is 5.91 Å². The van der Waals surface area contributed by atoms with Crippen LogP contribution in [0.1, 0.15) is 26.2 Å². The van der Waals surface area contributed by atoms with E-state index in [1.54, 1.807) is 4.90 Å². The average Bonchev–Trinajstić information content (AvgIpc) is 2.66. The molecule has 86 valence electrons. The molecule has 2 rings (SSSR count). The Hall–Kier alpha value is -0.610. The van der Waals surface area contributed by atoms with E-state index in [1.807, 2.05) is 0 Å². The number of β-amino-alcohol motifs (C(OH)–C–C–N with tert-alkyl or cyclic N) is 1. The minimum absolute atomic E-state index is 0.149. The van der Waals surface area contributed by atoms with E-state index in [-0.39, 0.29) is 11.8 Å². The molecule has 0 spiro atoms. The van der Waals surface area contributed by atoms with Gasteiger partial charge in [-0.3, -0.25) is 4.79 Å². The van der Waals surface area contributed by atoms with Gasteiger partial charge in [0, 0.05) is 6.54 Å². The molecular formula is C11H20N2O2. The van der Waals surface area contributed by atoms with Crippen LogP contribution in [0.25, 0.3) is 0 Å². The van der Waals surface area contributed by atoms with E-state index in [1.165, 1.54) is 0 Å². The zero-order valence-corrected chi connectivity index (χ0v) is 9.33. The highest BCUT2D eigenvalue weighted by Crippen LogP contribution is 2.28. The molecule has 4 heteroatoms. The van der Waals surface area contributed by atoms with Crippen LogP contribution in [0.3, 0.4) is 0 Å². The third-order valence-corrected chi connectivity index (χ3v) is 3.41. The SMILES string of the molecule is CCCC1(O)CN(C(=O)C2CCNC2)C1. The minimum Gasteiger partial charge on any atom is -0.386 e. The molecule has 2 heterocycles. The van der Waals surface area contributed by atoms with Crippen molar-refractivity contribution in [2.75, 3.05) is 26.2 Å². The zero-order valence-electron chi connectivity index (χ0n) is 9.33. The van der Waals surface area contributed by atoms with Crippen LogP contribution in [0.5, 0.6) is 0 Å². The molecule has 15 heavy (non-hydrogen) atoms. The van der Waals surface area contributed by atoms with E-state index >= 15 is 0 Å². The van der Waals surface area contributed by atoms with Gasteiger partial charge in [0.1, 0.15) is 0 Å². The van der Waals surface area contributed by atoms with Crippen molar-refractivity contribution < 1.29 is 9.90 Å². The van der Waals surface area contributed by atoms with Gasteiger partial charge in [0.15, 0.2) is 0 Å². The van der Waals surface area contributed by atoms with E-state index in [0.717, 1.165) is 32.4 Å². The first-order valence-electron chi connectivity index (χ1n) is 5.86. The van der Waals surface area contributed by atoms with Crippen LogP contribution in [-0.4, -0.2) is 47.7 Å². The number of aliphatic hydroxyl groups is 1. The number of hydrogen-bond donors (Lipinski definition) is 2. The maximum atomic E-state index is 11.9. The molecule has 4 nitrogen and oxygen atoms in total. The summed E-state index contributed by atoms with van der Waals surface area (Å²) >= 11 is 0. The number of nitrogens with one attached hydrogen (secondary N) is 1. The summed E-state index contributed by atoms with van der Waals surface area (Å²) in [5.74, 6) is 0.372. The second-order valence-electron chi connectivity index (χ2n) is 4.86. The Morgan fingerprint density at radius 1 is 1.60 bits per heavy atom. The number of rotatable bonds is 3. The zero-order chi connectivity index (χ0) is 10.9. The molecular weight excluding hydrogens is 192 g/mol. The van der Waals surface area contributed by atoms with Crippen LogP contribution in [0.4, 0.5) is 0 Å². The van der Waals surface area contributed by atoms with Crippen molar-refractivity contribution in [3.05, 3.63) is 0 Å². The molecule has 2 saturated heterocycles. The molecule has 1 amide bonds. The number of amides is 1. The monoisotopic (exact) mass is 212 g/mol. The number of nitrogens with zero attached hydrogens (tertiary/aromatic N) is 1. The van der Waals surface area contributed by atoms with Gasteiger partial charge in [-0.05, 0) is 19.4 Å². The van der Waals surface area contributed by atoms with Gasteiger partial charge in [0.25, 0.3) is 0 Å². The normalized spacial score (nSPS) is 28.9. The number of carbonyl (C=O) groups excluding carboxylic acids is 1. The lowest BCUT2D eigenvalue weighted by atomic mass is 9.88. The first kappa shape index (κ1) is 10.9. The highest BCUT2D eigenvalue weighted by atomic mass is 16.3. The van der Waals surface area contributed by atoms with Crippen molar-refractivity contribution in [3.8, 4) is 0 Å². The fourth-order valence-corrected chi connectivity index (χ4v) is 2.57. The molecule has 0 aliphatic carbocycles. The number of likely N-dealkylation sites (tertiary alicyclic amines) is 1. The lowest BCUT2D eigenvalue weighted by Gasteiger charge is -2.47. The Bertz CT molecular complexity index is 243. The summed E-state index contributed by atoms with van der Waals surface area (Å²) in [5.41, 5.74) is -0.587. The topological polar surface area (TPSA) is 52.6 Å². The summed E-state index contributed by atoms with van der Waals surface area (Å²) in [6.45, 7) is 4.89. The second kappa shape index (κ2) is 4.10. The molecule has 2 N–H and O–H groups in total. The van der Waals surface area contributed by atoms with E-state index in [4.69, 9.17) is 0 Å². The molecule has 2 aliphatic rings. The van der Waals surface area contributed by atoms with E-state index in [0.29, 0.717) is 13.1 Å². The van der Waals surface area contributed by atoms with Crippen molar-refractivity contribution in [2.24, 2.45) is 5.92 Å². The van der Waals surface area contributed by atoms with Crippen molar-refractivity contribution in [3.63, 3.8) is 0 Å². The number of hydrogen-bond acceptors (Lipinski definition) is 3. The summed E-state index contributed by atoms with van der Waals surface area (Å²) in [5, 5.41) is 13.2. The fraction of sp³-hybridized carbons (Fsp3) is 0.909. The molecule has 0 saturated carbocycles. The van der Waals surface area contributed by atoms with Crippen LogP contribution in [-0.2, 0) is 4.79 Å². The first-order chi connectivity index (χ1) is 7.14. The Morgan fingerprint density at radius 3 is 2.87 bits per heavy atom. The van der Waals surface area contributed by atoms with Gasteiger partial charge in [-0.2, -0.15) is 0 Å². The predicted octanol–water partition coefficient (Wildman–Crippen LogP) is -0.0307. The molecule has 2 aliphatic heterocycles. The molecule has 0 aromatic heterocycles. The average molecular weight is 212 g/mol. The van der Waals surface area contributed by atoms with Gasteiger partial charge in [-0.1, -0.05) is 13.3 Å². The smallest absolute Gasteiger partial charge is 0.227 e. The summed E-state index contributed by atoms with van der Waals surface area (Å²) in [7, 11) is 0. The van der Waals surface area contributed by atoms with E-state index < -0.39 is 5.60 Å². The largest absolute Gasteiger partial charge is 0.386 e. The lowest BCUT2D eigenvalue weighted by Crippen LogP contribution is -2.64. The van der Waals surface area contributed by atoms with Gasteiger partial charge >= 0.3 is 0 Å². The molecule has 0 aromatic carbocycles. The van der Waals surface area contributed by atoms with E-state index in [2.05, 4.69) is 12.2 Å². The van der Waals surface area contributed by atoms with Gasteiger partial charge in [0.05, 0.1) is 24.6 Å². The second-order valence-corrected chi connectivity index (χ2v) is 4.86. The maximum absolute atomic E-state index is 11.9. The fourth-order valence-electron chi connectivity index (χ4n) is 2.57. The highest BCUT2D eigenvalue weighted by molar-refractivity contribution is 5.80. The van der Waals surface area contributed by atoms with Crippen LogP contribution in [0.2, 0.25) is 0 Å². The van der Waals surface area contributed by atoms with Crippen LogP contribution in [0.15, 0.2) is 0 Å². The summed E-state index contributed by atoms with van der Waals surface area (Å²) in [6.07, 6.45) is 2.73. The molecule has 0 bridgehead atoms. The predicted molar refractivity (Wildman–Crippen MR) is 57.4 cm³/mol. The molecule has 0 aromatic rings. The molecule has 0 radical (unpaired) electrons. The highest BCUT2D eigenvalue weighted by Gasteiger charge is 2.44. The Balaban J connectivity index is 1.80. The van der Waals surface area contributed by atoms with Crippen molar-refractivity contribution >= 4 is 5.91 Å². The third kappa shape index (κ3) is 2.16. The maximum Gasteiger partial charge on any atom is 0.227 e. The standard InChI is InChI=1S/C11H20N2O2/c1-2-4-11(15)7-13(8-11)10(14)9-3-5-12-6-9/h9,12,15H,2-8H2,1H3. The lowest BCUT2D eigenvalue weighted by molar-refractivity contribution is -0.160. The van der Waals surface area contributed by atoms with Gasteiger partial charge < -0.3 is 15.3 Å². The van der Waals surface area contributed by atoms with Crippen LogP contribution in [0, 0.1) is 5.92 Å². The Kier molecular flexibility index (Phi) is 2.98. The van der Waals surface area contributed by atoms with E-state index in [9.17, 15) is 9.90 Å². The molecule has 1 atom stereocenters. The third-order valence-electron chi connectivity index (χ3n) is 3.41. The first-order valence-corrected chi connectivity index (χ1v) is 5.86. The van der Waals surface area contributed by atoms with Crippen molar-refractivity contribution in [1.29, 1.82) is 0 Å². The Morgan fingerprint density at radius 2 is 2.33 bits per heavy atom. The Labute approximate surface area is 90.6 Å². The van der Waals surface area contributed by atoms with Crippen LogP contribution >= 0.6 is 0 Å². The van der Waals surface area contributed by atoms with Crippen molar-refractivity contribution in [2.45, 2.75) is 31.8 Å². The van der Waals surface area contributed by atoms with Gasteiger partial charge in [-0.15, -0.1) is 0 Å². The summed E-state index contributed by atoms with van der Waals surface area (Å²) in [6, 6.07) is 0. The van der Waals surface area contributed by atoms with Crippen LogP contribution < -0.4 is 5.32 Å².